The molecular weight excluding hydrogens is 428 g/mol. The van der Waals surface area contributed by atoms with Crippen LogP contribution in [0.25, 0.3) is 10.9 Å². The molecule has 2 fully saturated rings. The number of carbonyl (C=O) groups excluding carboxylic acids is 1. The molecule has 0 bridgehead atoms. The lowest BCUT2D eigenvalue weighted by molar-refractivity contribution is -0.0187. The number of para-hydroxylation sites is 1. The number of nitrogens with zero attached hydrogens (tertiary/aromatic N) is 4. The Morgan fingerprint density at radius 2 is 1.88 bits per heavy atom. The summed E-state index contributed by atoms with van der Waals surface area (Å²) in [6.07, 6.45) is 9.66. The van der Waals surface area contributed by atoms with Gasteiger partial charge in [-0.15, -0.1) is 12.4 Å². The van der Waals surface area contributed by atoms with Crippen LogP contribution in [0.1, 0.15) is 35.2 Å². The number of piperidine rings is 1. The molecule has 0 radical (unpaired) electrons. The van der Waals surface area contributed by atoms with Gasteiger partial charge in [-0.1, -0.05) is 18.2 Å². The Morgan fingerprint density at radius 3 is 2.59 bits per heavy atom. The van der Waals surface area contributed by atoms with Crippen molar-refractivity contribution in [3.63, 3.8) is 0 Å². The van der Waals surface area contributed by atoms with E-state index in [1.54, 1.807) is 5.48 Å². The lowest BCUT2D eigenvalue weighted by atomic mass is 9.72. The van der Waals surface area contributed by atoms with E-state index in [1.807, 2.05) is 0 Å². The van der Waals surface area contributed by atoms with E-state index in [0.717, 1.165) is 38.9 Å². The molecule has 32 heavy (non-hydrogen) atoms. The molecular formula is C23H29ClN6O2. The number of halogens is 1. The number of anilines is 1. The number of aromatic amines is 1. The van der Waals surface area contributed by atoms with E-state index in [0.29, 0.717) is 11.4 Å². The van der Waals surface area contributed by atoms with Gasteiger partial charge in [0.05, 0.1) is 5.56 Å². The Bertz CT molecular complexity index is 1050. The quantitative estimate of drug-likeness (QED) is 0.389. The maximum absolute atomic E-state index is 11.4. The van der Waals surface area contributed by atoms with Crippen molar-refractivity contribution in [3.8, 4) is 0 Å². The van der Waals surface area contributed by atoms with Crippen LogP contribution in [0.15, 0.2) is 42.9 Å². The van der Waals surface area contributed by atoms with Crippen molar-refractivity contribution in [3.05, 3.63) is 54.0 Å². The molecule has 0 saturated carbocycles. The molecule has 1 spiro atoms. The van der Waals surface area contributed by atoms with Crippen LogP contribution in [0.2, 0.25) is 0 Å². The van der Waals surface area contributed by atoms with Crippen LogP contribution >= 0.6 is 12.4 Å². The van der Waals surface area contributed by atoms with Crippen molar-refractivity contribution in [2.24, 2.45) is 5.41 Å². The van der Waals surface area contributed by atoms with Crippen LogP contribution in [-0.2, 0) is 6.42 Å². The number of fused-ring (bicyclic) bond motifs is 1. The molecule has 8 nitrogen and oxygen atoms in total. The predicted octanol–water partition coefficient (Wildman–Crippen LogP) is 3.03. The van der Waals surface area contributed by atoms with Gasteiger partial charge in [0.25, 0.3) is 5.91 Å². The fourth-order valence-corrected chi connectivity index (χ4v) is 5.06. The van der Waals surface area contributed by atoms with Crippen molar-refractivity contribution in [1.82, 2.24) is 25.3 Å². The molecule has 9 heteroatoms. The minimum atomic E-state index is -0.594. The third kappa shape index (κ3) is 4.44. The van der Waals surface area contributed by atoms with E-state index < -0.39 is 5.91 Å². The zero-order valence-electron chi connectivity index (χ0n) is 18.0. The number of aromatic nitrogens is 3. The highest BCUT2D eigenvalue weighted by Gasteiger charge is 2.44. The van der Waals surface area contributed by atoms with Crippen LogP contribution in [0.4, 0.5) is 5.95 Å². The summed E-state index contributed by atoms with van der Waals surface area (Å²) < 4.78 is 0. The Kier molecular flexibility index (Phi) is 6.64. The minimum absolute atomic E-state index is 0. The molecule has 2 aliphatic heterocycles. The van der Waals surface area contributed by atoms with Crippen molar-refractivity contribution in [2.45, 2.75) is 25.7 Å². The number of hydrogen-bond acceptors (Lipinski definition) is 6. The number of H-pyrrole nitrogens is 1. The number of likely N-dealkylation sites (tertiary alicyclic amines) is 1. The molecule has 2 saturated heterocycles. The van der Waals surface area contributed by atoms with Gasteiger partial charge in [-0.2, -0.15) is 0 Å². The largest absolute Gasteiger partial charge is 0.361 e. The molecule has 4 heterocycles. The summed E-state index contributed by atoms with van der Waals surface area (Å²) in [6, 6.07) is 8.52. The SMILES string of the molecule is Cl.O=C(NO)c1cnc(N2CCC3(CC2)CN(CCCc2c[nH]c4ccccc24)C3)nc1. The number of hydrogen-bond donors (Lipinski definition) is 3. The Hall–Kier alpha value is -2.68. The first-order valence-corrected chi connectivity index (χ1v) is 10.9. The van der Waals surface area contributed by atoms with Gasteiger partial charge in [-0.05, 0) is 49.3 Å². The zero-order valence-corrected chi connectivity index (χ0v) is 18.8. The summed E-state index contributed by atoms with van der Waals surface area (Å²) in [5.41, 5.74) is 4.93. The molecule has 0 unspecified atom stereocenters. The first kappa shape index (κ1) is 22.5. The molecule has 2 aromatic heterocycles. The Balaban J connectivity index is 0.00000245. The number of carbonyl (C=O) groups is 1. The third-order valence-electron chi connectivity index (χ3n) is 6.82. The summed E-state index contributed by atoms with van der Waals surface area (Å²) in [5, 5.41) is 10.0. The van der Waals surface area contributed by atoms with Gasteiger partial charge in [0.15, 0.2) is 0 Å². The van der Waals surface area contributed by atoms with Crippen LogP contribution in [-0.4, -0.2) is 63.7 Å². The van der Waals surface area contributed by atoms with Crippen molar-refractivity contribution < 1.29 is 10.0 Å². The second-order valence-corrected chi connectivity index (χ2v) is 8.87. The summed E-state index contributed by atoms with van der Waals surface area (Å²) in [5.74, 6) is 0.0580. The number of benzene rings is 1. The molecule has 2 aliphatic rings. The number of nitrogens with one attached hydrogen (secondary N) is 2. The molecule has 1 aromatic carbocycles. The van der Waals surface area contributed by atoms with Gasteiger partial charge in [-0.3, -0.25) is 10.0 Å². The molecule has 1 amide bonds. The topological polar surface area (TPSA) is 97.4 Å². The van der Waals surface area contributed by atoms with Crippen molar-refractivity contribution in [1.29, 1.82) is 0 Å². The van der Waals surface area contributed by atoms with Gasteiger partial charge >= 0.3 is 0 Å². The van der Waals surface area contributed by atoms with Gasteiger partial charge < -0.3 is 14.8 Å². The smallest absolute Gasteiger partial charge is 0.277 e. The van der Waals surface area contributed by atoms with Gasteiger partial charge in [0.1, 0.15) is 0 Å². The maximum Gasteiger partial charge on any atom is 0.277 e. The van der Waals surface area contributed by atoms with Gasteiger partial charge in [0.2, 0.25) is 5.95 Å². The van der Waals surface area contributed by atoms with Crippen molar-refractivity contribution >= 4 is 35.2 Å². The summed E-state index contributed by atoms with van der Waals surface area (Å²) in [6.45, 7) is 5.41. The normalized spacial score (nSPS) is 17.7. The highest BCUT2D eigenvalue weighted by atomic mass is 35.5. The van der Waals surface area contributed by atoms with Crippen LogP contribution in [0.5, 0.6) is 0 Å². The van der Waals surface area contributed by atoms with Gasteiger partial charge in [0, 0.05) is 55.7 Å². The first-order valence-electron chi connectivity index (χ1n) is 10.9. The van der Waals surface area contributed by atoms with Crippen molar-refractivity contribution in [2.75, 3.05) is 37.6 Å². The number of hydroxylamine groups is 1. The van der Waals surface area contributed by atoms with Crippen LogP contribution in [0.3, 0.4) is 0 Å². The average molecular weight is 457 g/mol. The second-order valence-electron chi connectivity index (χ2n) is 8.87. The Morgan fingerprint density at radius 1 is 1.16 bits per heavy atom. The predicted molar refractivity (Wildman–Crippen MR) is 125 cm³/mol. The molecule has 0 atom stereocenters. The minimum Gasteiger partial charge on any atom is -0.361 e. The van der Waals surface area contributed by atoms with E-state index in [9.17, 15) is 4.79 Å². The van der Waals surface area contributed by atoms with E-state index >= 15 is 0 Å². The van der Waals surface area contributed by atoms with E-state index in [2.05, 4.69) is 55.2 Å². The number of aryl methyl sites for hydroxylation is 1. The number of amides is 1. The maximum atomic E-state index is 11.4. The fraction of sp³-hybridized carbons (Fsp3) is 0.435. The summed E-state index contributed by atoms with van der Waals surface area (Å²) >= 11 is 0. The standard InChI is InChI=1S/C23H28N6O2.ClH/c30-21(27-31)18-13-25-22(26-14-18)29-10-7-23(8-11-29)15-28(16-23)9-3-4-17-12-24-20-6-2-1-5-19(17)20;/h1-2,5-6,12-14,24,31H,3-4,7-11,15-16H2,(H,27,30);1H. The molecule has 170 valence electrons. The third-order valence-corrected chi connectivity index (χ3v) is 6.82. The molecule has 3 N–H and O–H groups in total. The van der Waals surface area contributed by atoms with E-state index in [1.165, 1.54) is 48.4 Å². The summed E-state index contributed by atoms with van der Waals surface area (Å²) in [4.78, 5) is 28.1. The first-order chi connectivity index (χ1) is 15.2. The molecule has 5 rings (SSSR count). The highest BCUT2D eigenvalue weighted by Crippen LogP contribution is 2.41. The summed E-state index contributed by atoms with van der Waals surface area (Å²) in [7, 11) is 0. The van der Waals surface area contributed by atoms with E-state index in [4.69, 9.17) is 5.21 Å². The molecule has 3 aromatic rings. The zero-order chi connectivity index (χ0) is 21.3. The fourth-order valence-electron chi connectivity index (χ4n) is 5.06. The Labute approximate surface area is 193 Å². The van der Waals surface area contributed by atoms with E-state index in [-0.39, 0.29) is 18.0 Å². The lowest BCUT2D eigenvalue weighted by Gasteiger charge is -2.54. The van der Waals surface area contributed by atoms with Gasteiger partial charge in [-0.25, -0.2) is 15.4 Å². The number of rotatable bonds is 6. The average Bonchev–Trinajstić information content (AvgIpc) is 3.21. The monoisotopic (exact) mass is 456 g/mol. The lowest BCUT2D eigenvalue weighted by Crippen LogP contribution is -2.60. The highest BCUT2D eigenvalue weighted by molar-refractivity contribution is 5.92. The van der Waals surface area contributed by atoms with Crippen LogP contribution in [0, 0.1) is 5.41 Å². The van der Waals surface area contributed by atoms with Crippen LogP contribution < -0.4 is 10.4 Å². The molecule has 0 aliphatic carbocycles. The second kappa shape index (κ2) is 9.44.